The second-order valence-electron chi connectivity index (χ2n) is 5.46. The molecule has 3 rings (SSSR count). The summed E-state index contributed by atoms with van der Waals surface area (Å²) < 4.78 is 13.4. The third kappa shape index (κ3) is 2.42. The number of allylic oxidation sites excluding steroid dienone is 2. The van der Waals surface area contributed by atoms with Crippen molar-refractivity contribution < 1.29 is 19.1 Å². The van der Waals surface area contributed by atoms with Gasteiger partial charge >= 0.3 is 5.97 Å². The molecule has 1 aromatic rings. The van der Waals surface area contributed by atoms with Crippen LogP contribution in [0.2, 0.25) is 5.02 Å². The minimum atomic E-state index is -0.964. The van der Waals surface area contributed by atoms with Gasteiger partial charge in [-0.15, -0.1) is 0 Å². The van der Waals surface area contributed by atoms with Crippen LogP contribution in [0.1, 0.15) is 6.42 Å². The van der Waals surface area contributed by atoms with Gasteiger partial charge in [0.25, 0.3) is 0 Å². The van der Waals surface area contributed by atoms with Crippen molar-refractivity contribution in [2.24, 2.45) is 23.7 Å². The van der Waals surface area contributed by atoms with Crippen LogP contribution >= 0.6 is 11.6 Å². The molecule has 4 nitrogen and oxygen atoms in total. The van der Waals surface area contributed by atoms with Gasteiger partial charge in [0.15, 0.2) is 0 Å². The summed E-state index contributed by atoms with van der Waals surface area (Å²) in [5, 5.41) is 11.9. The molecule has 2 bridgehead atoms. The summed E-state index contributed by atoms with van der Waals surface area (Å²) in [6.07, 6.45) is 4.45. The number of fused-ring (bicyclic) bond motifs is 2. The summed E-state index contributed by atoms with van der Waals surface area (Å²) in [7, 11) is 0. The predicted octanol–water partition coefficient (Wildman–Crippen LogP) is 2.94. The third-order valence-corrected chi connectivity index (χ3v) is 4.54. The number of carboxylic acids is 1. The number of carbonyl (C=O) groups is 2. The van der Waals surface area contributed by atoms with Crippen molar-refractivity contribution >= 4 is 29.2 Å². The van der Waals surface area contributed by atoms with E-state index < -0.39 is 23.6 Å². The Balaban J connectivity index is 1.80. The maximum Gasteiger partial charge on any atom is 0.307 e. The van der Waals surface area contributed by atoms with Crippen LogP contribution in [-0.4, -0.2) is 17.0 Å². The van der Waals surface area contributed by atoms with E-state index in [1.807, 2.05) is 12.2 Å². The van der Waals surface area contributed by atoms with E-state index in [-0.39, 0.29) is 28.5 Å². The van der Waals surface area contributed by atoms with Crippen molar-refractivity contribution in [2.75, 3.05) is 5.32 Å². The van der Waals surface area contributed by atoms with Gasteiger partial charge in [0, 0.05) is 5.69 Å². The van der Waals surface area contributed by atoms with E-state index in [4.69, 9.17) is 11.6 Å². The molecule has 0 spiro atoms. The highest BCUT2D eigenvalue weighted by atomic mass is 35.5. The quantitative estimate of drug-likeness (QED) is 0.844. The van der Waals surface area contributed by atoms with Crippen molar-refractivity contribution in [1.82, 2.24) is 0 Å². The molecule has 0 radical (unpaired) electrons. The third-order valence-electron chi connectivity index (χ3n) is 4.23. The summed E-state index contributed by atoms with van der Waals surface area (Å²) in [6.45, 7) is 0. The number of carbonyl (C=O) groups excluding carboxylic acids is 1. The molecular formula is C15H13ClFNO3. The van der Waals surface area contributed by atoms with Crippen molar-refractivity contribution in [1.29, 1.82) is 0 Å². The van der Waals surface area contributed by atoms with E-state index in [1.165, 1.54) is 12.1 Å². The van der Waals surface area contributed by atoms with Crippen molar-refractivity contribution in [2.45, 2.75) is 6.42 Å². The van der Waals surface area contributed by atoms with Gasteiger partial charge in [-0.3, -0.25) is 9.59 Å². The lowest BCUT2D eigenvalue weighted by atomic mass is 9.82. The molecule has 21 heavy (non-hydrogen) atoms. The second kappa shape index (κ2) is 5.15. The second-order valence-corrected chi connectivity index (χ2v) is 5.86. The molecule has 2 N–H and O–H groups in total. The summed E-state index contributed by atoms with van der Waals surface area (Å²) in [4.78, 5) is 23.7. The predicted molar refractivity (Wildman–Crippen MR) is 75.4 cm³/mol. The fraction of sp³-hybridized carbons (Fsp3) is 0.333. The number of amides is 1. The zero-order valence-electron chi connectivity index (χ0n) is 10.9. The summed E-state index contributed by atoms with van der Waals surface area (Å²) in [5.41, 5.74) is 0.276. The zero-order valence-corrected chi connectivity index (χ0v) is 11.7. The average Bonchev–Trinajstić information content (AvgIpc) is 3.03. The summed E-state index contributed by atoms with van der Waals surface area (Å²) in [6, 6.07) is 3.96. The van der Waals surface area contributed by atoms with Gasteiger partial charge in [0.2, 0.25) is 5.91 Å². The van der Waals surface area contributed by atoms with Crippen molar-refractivity contribution in [3.05, 3.63) is 41.2 Å². The molecule has 1 fully saturated rings. The number of hydrogen-bond acceptors (Lipinski definition) is 2. The van der Waals surface area contributed by atoms with Gasteiger partial charge in [0.05, 0.1) is 16.9 Å². The maximum atomic E-state index is 13.4. The van der Waals surface area contributed by atoms with Gasteiger partial charge < -0.3 is 10.4 Å². The highest BCUT2D eigenvalue weighted by molar-refractivity contribution is 6.30. The van der Waals surface area contributed by atoms with E-state index in [2.05, 4.69) is 5.32 Å². The number of anilines is 1. The molecule has 0 aromatic heterocycles. The lowest BCUT2D eigenvalue weighted by Crippen LogP contribution is -2.36. The number of rotatable bonds is 3. The van der Waals surface area contributed by atoms with Crippen LogP contribution < -0.4 is 5.32 Å². The highest BCUT2D eigenvalue weighted by Crippen LogP contribution is 2.48. The molecule has 4 atom stereocenters. The first-order valence-electron chi connectivity index (χ1n) is 6.64. The fourth-order valence-corrected chi connectivity index (χ4v) is 3.43. The first-order valence-corrected chi connectivity index (χ1v) is 7.02. The van der Waals surface area contributed by atoms with Gasteiger partial charge in [-0.25, -0.2) is 4.39 Å². The van der Waals surface area contributed by atoms with Gasteiger partial charge in [-0.2, -0.15) is 0 Å². The number of halogens is 2. The Bertz CT molecular complexity index is 646. The van der Waals surface area contributed by atoms with E-state index in [0.29, 0.717) is 6.42 Å². The molecule has 0 saturated heterocycles. The minimum absolute atomic E-state index is 0.0285. The fourth-order valence-electron chi connectivity index (χ4n) is 3.32. The van der Waals surface area contributed by atoms with E-state index in [1.54, 1.807) is 0 Å². The molecule has 6 heteroatoms. The molecular weight excluding hydrogens is 297 g/mol. The molecule has 1 amide bonds. The Kier molecular flexibility index (Phi) is 3.45. The molecule has 1 aromatic carbocycles. The average molecular weight is 310 g/mol. The van der Waals surface area contributed by atoms with Gasteiger partial charge in [-0.05, 0) is 36.5 Å². The largest absolute Gasteiger partial charge is 0.481 e. The number of carboxylic acid groups (broad SMARTS) is 1. The van der Waals surface area contributed by atoms with Crippen LogP contribution in [0, 0.1) is 29.5 Å². The molecule has 1 saturated carbocycles. The maximum absolute atomic E-state index is 13.4. The summed E-state index contributed by atoms with van der Waals surface area (Å²) in [5.74, 6) is -3.46. The van der Waals surface area contributed by atoms with Crippen LogP contribution in [-0.2, 0) is 9.59 Å². The lowest BCUT2D eigenvalue weighted by Gasteiger charge is -2.23. The van der Waals surface area contributed by atoms with Crippen molar-refractivity contribution in [3.8, 4) is 0 Å². The molecule has 2 aliphatic carbocycles. The molecule has 4 unspecified atom stereocenters. The standard InChI is InChI=1S/C15H13ClFNO3/c16-10-4-3-9(6-11(10)17)18-14(19)12-7-1-2-8(5-7)13(12)15(20)21/h1-4,6-8,12-13H,5H2,(H,18,19)(H,20,21). The lowest BCUT2D eigenvalue weighted by molar-refractivity contribution is -0.146. The van der Waals surface area contributed by atoms with E-state index in [0.717, 1.165) is 6.07 Å². The van der Waals surface area contributed by atoms with Crippen LogP contribution in [0.15, 0.2) is 30.4 Å². The first kappa shape index (κ1) is 14.1. The van der Waals surface area contributed by atoms with Crippen LogP contribution in [0.5, 0.6) is 0 Å². The Morgan fingerprint density at radius 3 is 2.52 bits per heavy atom. The monoisotopic (exact) mass is 309 g/mol. The zero-order chi connectivity index (χ0) is 15.1. The molecule has 0 heterocycles. The highest BCUT2D eigenvalue weighted by Gasteiger charge is 2.51. The smallest absolute Gasteiger partial charge is 0.307 e. The van der Waals surface area contributed by atoms with Gasteiger partial charge in [-0.1, -0.05) is 23.8 Å². The van der Waals surface area contributed by atoms with Crippen LogP contribution in [0.25, 0.3) is 0 Å². The topological polar surface area (TPSA) is 66.4 Å². The summed E-state index contributed by atoms with van der Waals surface area (Å²) >= 11 is 5.59. The Morgan fingerprint density at radius 2 is 1.90 bits per heavy atom. The minimum Gasteiger partial charge on any atom is -0.481 e. The van der Waals surface area contributed by atoms with Crippen molar-refractivity contribution in [3.63, 3.8) is 0 Å². The number of aliphatic carboxylic acids is 1. The Hall–Kier alpha value is -1.88. The van der Waals surface area contributed by atoms with E-state index in [9.17, 15) is 19.1 Å². The molecule has 2 aliphatic rings. The first-order chi connectivity index (χ1) is 9.97. The Labute approximate surface area is 125 Å². The van der Waals surface area contributed by atoms with Crippen LogP contribution in [0.3, 0.4) is 0 Å². The van der Waals surface area contributed by atoms with Gasteiger partial charge in [0.1, 0.15) is 5.82 Å². The van der Waals surface area contributed by atoms with E-state index >= 15 is 0 Å². The normalized spacial score (nSPS) is 29.6. The number of hydrogen-bond donors (Lipinski definition) is 2. The SMILES string of the molecule is O=C(O)C1C2C=CC(C2)C1C(=O)Nc1ccc(Cl)c(F)c1. The van der Waals surface area contributed by atoms with Crippen LogP contribution in [0.4, 0.5) is 10.1 Å². The molecule has 110 valence electrons. The molecule has 0 aliphatic heterocycles. The number of benzene rings is 1. The Morgan fingerprint density at radius 1 is 1.24 bits per heavy atom. The number of nitrogens with one attached hydrogen (secondary N) is 1.